The summed E-state index contributed by atoms with van der Waals surface area (Å²) >= 11 is 0. The third-order valence-electron chi connectivity index (χ3n) is 4.58. The van der Waals surface area contributed by atoms with Crippen LogP contribution in [0.5, 0.6) is 5.75 Å². The molecule has 136 valence electrons. The van der Waals surface area contributed by atoms with Crippen molar-refractivity contribution < 1.29 is 9.47 Å². The molecule has 0 aliphatic carbocycles. The molecule has 3 aromatic rings. The van der Waals surface area contributed by atoms with Gasteiger partial charge in [-0.1, -0.05) is 0 Å². The molecule has 1 aliphatic heterocycles. The molecule has 1 aliphatic rings. The minimum Gasteiger partial charge on any atom is -0.490 e. The van der Waals surface area contributed by atoms with E-state index in [9.17, 15) is 0 Å². The van der Waals surface area contributed by atoms with Crippen LogP contribution in [0, 0.1) is 0 Å². The zero-order valence-corrected chi connectivity index (χ0v) is 15.2. The van der Waals surface area contributed by atoms with E-state index in [-0.39, 0.29) is 6.10 Å². The molecule has 0 spiro atoms. The van der Waals surface area contributed by atoms with Gasteiger partial charge < -0.3 is 14.8 Å². The third-order valence-corrected chi connectivity index (χ3v) is 4.58. The molecular formula is C20H24N4O2. The topological polar surface area (TPSA) is 61.2 Å². The van der Waals surface area contributed by atoms with Crippen LogP contribution in [0.25, 0.3) is 22.0 Å². The normalized spacial score (nSPS) is 17.7. The number of fused-ring (bicyclic) bond motifs is 1. The zero-order chi connectivity index (χ0) is 17.9. The van der Waals surface area contributed by atoms with E-state index in [0.717, 1.165) is 47.5 Å². The fraction of sp³-hybridized carbons (Fsp3) is 0.400. The highest BCUT2D eigenvalue weighted by Gasteiger charge is 2.16. The Morgan fingerprint density at radius 3 is 3.04 bits per heavy atom. The molecule has 2 aromatic heterocycles. The van der Waals surface area contributed by atoms with Gasteiger partial charge in [0.25, 0.3) is 0 Å². The summed E-state index contributed by atoms with van der Waals surface area (Å²) in [5, 5.41) is 8.79. The molecule has 1 aromatic carbocycles. The van der Waals surface area contributed by atoms with Crippen molar-refractivity contribution in [1.82, 2.24) is 20.1 Å². The first kappa shape index (κ1) is 17.0. The van der Waals surface area contributed by atoms with Crippen LogP contribution in [0.15, 0.2) is 42.9 Å². The summed E-state index contributed by atoms with van der Waals surface area (Å²) in [6.07, 6.45) is 5.83. The van der Waals surface area contributed by atoms with Gasteiger partial charge in [-0.05, 0) is 43.7 Å². The summed E-state index contributed by atoms with van der Waals surface area (Å²) in [7, 11) is 0. The van der Waals surface area contributed by atoms with Crippen LogP contribution in [0.3, 0.4) is 0 Å². The molecule has 0 bridgehead atoms. The molecule has 4 rings (SSSR count). The van der Waals surface area contributed by atoms with E-state index < -0.39 is 0 Å². The van der Waals surface area contributed by atoms with E-state index >= 15 is 0 Å². The Balaban J connectivity index is 1.65. The highest BCUT2D eigenvalue weighted by atomic mass is 16.5. The fourth-order valence-electron chi connectivity index (χ4n) is 3.11. The van der Waals surface area contributed by atoms with Crippen LogP contribution in [0.2, 0.25) is 0 Å². The molecule has 0 radical (unpaired) electrons. The van der Waals surface area contributed by atoms with Crippen molar-refractivity contribution in [3.8, 4) is 16.9 Å². The van der Waals surface area contributed by atoms with Crippen LogP contribution < -0.4 is 10.1 Å². The largest absolute Gasteiger partial charge is 0.490 e. The lowest BCUT2D eigenvalue weighted by molar-refractivity contribution is 0.000518. The lowest BCUT2D eigenvalue weighted by Gasteiger charge is -2.24. The van der Waals surface area contributed by atoms with Gasteiger partial charge in [0.15, 0.2) is 0 Å². The third kappa shape index (κ3) is 3.57. The van der Waals surface area contributed by atoms with E-state index in [1.54, 1.807) is 0 Å². The van der Waals surface area contributed by atoms with Gasteiger partial charge in [0.2, 0.25) is 0 Å². The summed E-state index contributed by atoms with van der Waals surface area (Å²) in [6.45, 7) is 7.20. The van der Waals surface area contributed by atoms with Gasteiger partial charge in [-0.25, -0.2) is 0 Å². The zero-order valence-electron chi connectivity index (χ0n) is 15.2. The molecule has 3 heterocycles. The minimum atomic E-state index is 0.0721. The Morgan fingerprint density at radius 2 is 2.27 bits per heavy atom. The summed E-state index contributed by atoms with van der Waals surface area (Å²) in [4.78, 5) is 4.51. The second-order valence-corrected chi connectivity index (χ2v) is 6.86. The van der Waals surface area contributed by atoms with Crippen LogP contribution in [0.1, 0.15) is 19.9 Å². The SMILES string of the molecule is CC(C)n1cc(-c2cc(OC[C@@H]3CNCCO3)c3cccnc3c2)cn1. The van der Waals surface area contributed by atoms with Crippen LogP contribution >= 0.6 is 0 Å². The minimum absolute atomic E-state index is 0.0721. The van der Waals surface area contributed by atoms with Crippen molar-refractivity contribution in [2.75, 3.05) is 26.3 Å². The summed E-state index contributed by atoms with van der Waals surface area (Å²) in [5.41, 5.74) is 3.03. The maximum Gasteiger partial charge on any atom is 0.129 e. The number of aromatic nitrogens is 3. The molecule has 6 heteroatoms. The Hall–Kier alpha value is -2.44. The van der Waals surface area contributed by atoms with Gasteiger partial charge in [-0.3, -0.25) is 9.67 Å². The van der Waals surface area contributed by atoms with E-state index in [2.05, 4.69) is 47.6 Å². The second-order valence-electron chi connectivity index (χ2n) is 6.86. The Kier molecular flexibility index (Phi) is 4.86. The van der Waals surface area contributed by atoms with Gasteiger partial charge >= 0.3 is 0 Å². The quantitative estimate of drug-likeness (QED) is 0.765. The number of morpholine rings is 1. The highest BCUT2D eigenvalue weighted by Crippen LogP contribution is 2.32. The molecule has 26 heavy (non-hydrogen) atoms. The lowest BCUT2D eigenvalue weighted by atomic mass is 10.1. The second kappa shape index (κ2) is 7.43. The maximum atomic E-state index is 6.14. The monoisotopic (exact) mass is 352 g/mol. The van der Waals surface area contributed by atoms with Crippen molar-refractivity contribution in [1.29, 1.82) is 0 Å². The summed E-state index contributed by atoms with van der Waals surface area (Å²) < 4.78 is 13.8. The van der Waals surface area contributed by atoms with Crippen molar-refractivity contribution in [3.63, 3.8) is 0 Å². The Labute approximate surface area is 153 Å². The van der Waals surface area contributed by atoms with E-state index in [1.165, 1.54) is 0 Å². The summed E-state index contributed by atoms with van der Waals surface area (Å²) in [6, 6.07) is 8.46. The predicted molar refractivity (Wildman–Crippen MR) is 101 cm³/mol. The predicted octanol–water partition coefficient (Wildman–Crippen LogP) is 3.05. The average Bonchev–Trinajstić information content (AvgIpc) is 3.17. The number of hydrogen-bond donors (Lipinski definition) is 1. The van der Waals surface area contributed by atoms with Crippen LogP contribution in [-0.2, 0) is 4.74 Å². The highest BCUT2D eigenvalue weighted by molar-refractivity contribution is 5.89. The number of nitrogens with zero attached hydrogens (tertiary/aromatic N) is 3. The molecule has 1 N–H and O–H groups in total. The smallest absolute Gasteiger partial charge is 0.129 e. The standard InChI is InChI=1S/C20H24N4O2/c1-14(2)24-12-16(10-23-24)15-8-19-18(4-3-5-22-19)20(9-15)26-13-17-11-21-6-7-25-17/h3-5,8-10,12,14,17,21H,6-7,11,13H2,1-2H3/t17-/m0/s1. The van der Waals surface area contributed by atoms with E-state index in [0.29, 0.717) is 12.6 Å². The number of rotatable bonds is 5. The molecule has 0 saturated carbocycles. The van der Waals surface area contributed by atoms with E-state index in [4.69, 9.17) is 9.47 Å². The molecule has 1 atom stereocenters. The number of hydrogen-bond acceptors (Lipinski definition) is 5. The number of ether oxygens (including phenoxy) is 2. The fourth-order valence-corrected chi connectivity index (χ4v) is 3.11. The number of benzene rings is 1. The molecule has 6 nitrogen and oxygen atoms in total. The van der Waals surface area contributed by atoms with Crippen molar-refractivity contribution in [3.05, 3.63) is 42.9 Å². The molecule has 0 unspecified atom stereocenters. The molecule has 0 amide bonds. The van der Waals surface area contributed by atoms with Crippen LogP contribution in [-0.4, -0.2) is 47.2 Å². The van der Waals surface area contributed by atoms with Gasteiger partial charge in [0.05, 0.1) is 18.3 Å². The average molecular weight is 352 g/mol. The molecular weight excluding hydrogens is 328 g/mol. The number of pyridine rings is 1. The molecule has 1 fully saturated rings. The summed E-state index contributed by atoms with van der Waals surface area (Å²) in [5.74, 6) is 0.831. The number of nitrogens with one attached hydrogen (secondary N) is 1. The first-order valence-electron chi connectivity index (χ1n) is 9.09. The van der Waals surface area contributed by atoms with Crippen molar-refractivity contribution >= 4 is 10.9 Å². The van der Waals surface area contributed by atoms with Crippen LogP contribution in [0.4, 0.5) is 0 Å². The van der Waals surface area contributed by atoms with Gasteiger partial charge in [0, 0.05) is 42.5 Å². The van der Waals surface area contributed by atoms with E-state index in [1.807, 2.05) is 29.2 Å². The van der Waals surface area contributed by atoms with Gasteiger partial charge in [0.1, 0.15) is 18.5 Å². The lowest BCUT2D eigenvalue weighted by Crippen LogP contribution is -2.41. The maximum absolute atomic E-state index is 6.14. The Morgan fingerprint density at radius 1 is 1.35 bits per heavy atom. The van der Waals surface area contributed by atoms with Crippen molar-refractivity contribution in [2.45, 2.75) is 26.0 Å². The van der Waals surface area contributed by atoms with Gasteiger partial charge in [-0.2, -0.15) is 5.10 Å². The van der Waals surface area contributed by atoms with Gasteiger partial charge in [-0.15, -0.1) is 0 Å². The van der Waals surface area contributed by atoms with Crippen molar-refractivity contribution in [2.24, 2.45) is 0 Å². The first-order chi connectivity index (χ1) is 12.7. The Bertz CT molecular complexity index is 884. The molecule has 1 saturated heterocycles. The first-order valence-corrected chi connectivity index (χ1v) is 9.09.